The van der Waals surface area contributed by atoms with Gasteiger partial charge in [0.2, 0.25) is 0 Å². The zero-order valence-electron chi connectivity index (χ0n) is 14.1. The van der Waals surface area contributed by atoms with Crippen molar-refractivity contribution in [1.82, 2.24) is 0 Å². The maximum Gasteiger partial charge on any atom is 0.387 e. The lowest BCUT2D eigenvalue weighted by molar-refractivity contribution is -0.0498. The molecule has 0 aliphatic rings. The van der Waals surface area contributed by atoms with E-state index in [2.05, 4.69) is 15.4 Å². The van der Waals surface area contributed by atoms with Crippen LogP contribution >= 0.6 is 0 Å². The fourth-order valence-corrected chi connectivity index (χ4v) is 2.24. The summed E-state index contributed by atoms with van der Waals surface area (Å²) >= 11 is 0. The SMILES string of the molecule is O=C(Nc1ccc(Oc2ccccc2)cc1)Nc1ccc(OC(F)F)cc1. The summed E-state index contributed by atoms with van der Waals surface area (Å²) in [5.74, 6) is 1.38. The molecule has 2 amide bonds. The number of para-hydroxylation sites is 1. The molecule has 0 saturated carbocycles. The van der Waals surface area contributed by atoms with Crippen LogP contribution in [0.1, 0.15) is 0 Å². The highest BCUT2D eigenvalue weighted by molar-refractivity contribution is 5.99. The molecule has 0 spiro atoms. The largest absolute Gasteiger partial charge is 0.457 e. The minimum atomic E-state index is -2.89. The van der Waals surface area contributed by atoms with E-state index in [1.807, 2.05) is 30.3 Å². The highest BCUT2D eigenvalue weighted by Gasteiger charge is 2.06. The van der Waals surface area contributed by atoms with Crippen molar-refractivity contribution in [3.05, 3.63) is 78.9 Å². The summed E-state index contributed by atoms with van der Waals surface area (Å²) in [5, 5.41) is 5.27. The van der Waals surface area contributed by atoms with Gasteiger partial charge in [0.05, 0.1) is 0 Å². The smallest absolute Gasteiger partial charge is 0.387 e. The molecular weight excluding hydrogens is 354 g/mol. The molecule has 0 atom stereocenters. The van der Waals surface area contributed by atoms with E-state index < -0.39 is 12.6 Å². The second-order valence-electron chi connectivity index (χ2n) is 5.42. The summed E-state index contributed by atoms with van der Waals surface area (Å²) in [7, 11) is 0. The first kappa shape index (κ1) is 18.2. The Kier molecular flexibility index (Phi) is 5.84. The lowest BCUT2D eigenvalue weighted by Crippen LogP contribution is -2.19. The van der Waals surface area contributed by atoms with Crippen LogP contribution in [0.4, 0.5) is 25.0 Å². The Balaban J connectivity index is 1.53. The van der Waals surface area contributed by atoms with Gasteiger partial charge in [0.25, 0.3) is 0 Å². The van der Waals surface area contributed by atoms with Gasteiger partial charge in [0.15, 0.2) is 0 Å². The number of hydrogen-bond acceptors (Lipinski definition) is 3. The predicted molar refractivity (Wildman–Crippen MR) is 98.7 cm³/mol. The molecule has 0 radical (unpaired) electrons. The number of hydrogen-bond donors (Lipinski definition) is 2. The number of carbonyl (C=O) groups excluding carboxylic acids is 1. The molecule has 0 aromatic heterocycles. The minimum Gasteiger partial charge on any atom is -0.457 e. The van der Waals surface area contributed by atoms with Crippen molar-refractivity contribution in [3.8, 4) is 17.2 Å². The van der Waals surface area contributed by atoms with Crippen LogP contribution in [-0.4, -0.2) is 12.6 Å². The van der Waals surface area contributed by atoms with Crippen LogP contribution in [0.25, 0.3) is 0 Å². The quantitative estimate of drug-likeness (QED) is 0.583. The van der Waals surface area contributed by atoms with Gasteiger partial charge in [-0.05, 0) is 60.7 Å². The lowest BCUT2D eigenvalue weighted by atomic mass is 10.3. The number of anilines is 2. The van der Waals surface area contributed by atoms with Crippen LogP contribution in [0.15, 0.2) is 78.9 Å². The summed E-state index contributed by atoms with van der Waals surface area (Å²) in [4.78, 5) is 12.0. The average molecular weight is 370 g/mol. The Morgan fingerprint density at radius 1 is 0.704 bits per heavy atom. The van der Waals surface area contributed by atoms with E-state index in [-0.39, 0.29) is 5.75 Å². The zero-order chi connectivity index (χ0) is 19.1. The zero-order valence-corrected chi connectivity index (χ0v) is 14.1. The number of rotatable bonds is 6. The Bertz CT molecular complexity index is 870. The van der Waals surface area contributed by atoms with Crippen molar-refractivity contribution >= 4 is 17.4 Å². The van der Waals surface area contributed by atoms with Crippen molar-refractivity contribution in [1.29, 1.82) is 0 Å². The monoisotopic (exact) mass is 370 g/mol. The maximum absolute atomic E-state index is 12.1. The summed E-state index contributed by atoms with van der Waals surface area (Å²) in [6.45, 7) is -2.89. The maximum atomic E-state index is 12.1. The second-order valence-corrected chi connectivity index (χ2v) is 5.42. The molecule has 0 saturated heterocycles. The van der Waals surface area contributed by atoms with Gasteiger partial charge in [-0.2, -0.15) is 8.78 Å². The molecular formula is C20H16F2N2O3. The Labute approximate surface area is 154 Å². The molecule has 0 aliphatic heterocycles. The van der Waals surface area contributed by atoms with E-state index in [0.717, 1.165) is 5.75 Å². The normalized spacial score (nSPS) is 10.3. The summed E-state index contributed by atoms with van der Waals surface area (Å²) < 4.78 is 34.2. The van der Waals surface area contributed by atoms with Gasteiger partial charge in [-0.25, -0.2) is 4.79 Å². The van der Waals surface area contributed by atoms with Gasteiger partial charge in [0, 0.05) is 11.4 Å². The molecule has 5 nitrogen and oxygen atoms in total. The third kappa shape index (κ3) is 5.71. The number of halogens is 2. The molecule has 7 heteroatoms. The van der Waals surface area contributed by atoms with E-state index in [4.69, 9.17) is 4.74 Å². The number of alkyl halides is 2. The number of carbonyl (C=O) groups is 1. The molecule has 2 N–H and O–H groups in total. The molecule has 3 rings (SSSR count). The molecule has 0 bridgehead atoms. The Hall–Kier alpha value is -3.61. The molecule has 138 valence electrons. The first-order chi connectivity index (χ1) is 13.1. The van der Waals surface area contributed by atoms with Gasteiger partial charge < -0.3 is 20.1 Å². The summed E-state index contributed by atoms with van der Waals surface area (Å²) in [6.07, 6.45) is 0. The van der Waals surface area contributed by atoms with Crippen molar-refractivity contribution < 1.29 is 23.0 Å². The minimum absolute atomic E-state index is 0.0185. The van der Waals surface area contributed by atoms with Crippen molar-refractivity contribution in [3.63, 3.8) is 0 Å². The van der Waals surface area contributed by atoms with Gasteiger partial charge in [-0.1, -0.05) is 18.2 Å². The molecule has 0 fully saturated rings. The molecule has 27 heavy (non-hydrogen) atoms. The number of amides is 2. The van der Waals surface area contributed by atoms with Crippen molar-refractivity contribution in [2.24, 2.45) is 0 Å². The van der Waals surface area contributed by atoms with Crippen LogP contribution in [0.2, 0.25) is 0 Å². The predicted octanol–water partition coefficient (Wildman–Crippen LogP) is 5.72. The highest BCUT2D eigenvalue weighted by atomic mass is 19.3. The van der Waals surface area contributed by atoms with Crippen LogP contribution in [0.3, 0.4) is 0 Å². The summed E-state index contributed by atoms with van der Waals surface area (Å²) in [5.41, 5.74) is 1.02. The number of ether oxygens (including phenoxy) is 2. The van der Waals surface area contributed by atoms with Crippen molar-refractivity contribution in [2.45, 2.75) is 6.61 Å². The van der Waals surface area contributed by atoms with Crippen LogP contribution < -0.4 is 20.1 Å². The van der Waals surface area contributed by atoms with E-state index in [0.29, 0.717) is 17.1 Å². The number of nitrogens with one attached hydrogen (secondary N) is 2. The first-order valence-corrected chi connectivity index (χ1v) is 8.04. The van der Waals surface area contributed by atoms with Gasteiger partial charge >= 0.3 is 12.6 Å². The highest BCUT2D eigenvalue weighted by Crippen LogP contribution is 2.23. The van der Waals surface area contributed by atoms with E-state index >= 15 is 0 Å². The van der Waals surface area contributed by atoms with Gasteiger partial charge in [-0.3, -0.25) is 0 Å². The van der Waals surface area contributed by atoms with Gasteiger partial charge in [0.1, 0.15) is 17.2 Å². The first-order valence-electron chi connectivity index (χ1n) is 8.04. The third-order valence-corrected chi connectivity index (χ3v) is 3.43. The molecule has 3 aromatic rings. The topological polar surface area (TPSA) is 59.6 Å². The fourth-order valence-electron chi connectivity index (χ4n) is 2.24. The van der Waals surface area contributed by atoms with E-state index in [1.54, 1.807) is 24.3 Å². The lowest BCUT2D eigenvalue weighted by Gasteiger charge is -2.10. The average Bonchev–Trinajstić information content (AvgIpc) is 2.65. The molecule has 3 aromatic carbocycles. The molecule has 0 unspecified atom stereocenters. The van der Waals surface area contributed by atoms with Crippen LogP contribution in [-0.2, 0) is 0 Å². The fraction of sp³-hybridized carbons (Fsp3) is 0.0500. The Morgan fingerprint density at radius 2 is 1.19 bits per heavy atom. The standard InChI is InChI=1S/C20H16F2N2O3/c21-19(22)27-18-12-8-15(9-13-18)24-20(25)23-14-6-10-17(11-7-14)26-16-4-2-1-3-5-16/h1-13,19H,(H2,23,24,25). The molecule has 0 aliphatic carbocycles. The van der Waals surface area contributed by atoms with Crippen molar-refractivity contribution in [2.75, 3.05) is 10.6 Å². The third-order valence-electron chi connectivity index (χ3n) is 3.43. The van der Waals surface area contributed by atoms with E-state index in [1.165, 1.54) is 24.3 Å². The second kappa shape index (κ2) is 8.66. The number of urea groups is 1. The number of benzene rings is 3. The van der Waals surface area contributed by atoms with Gasteiger partial charge in [-0.15, -0.1) is 0 Å². The van der Waals surface area contributed by atoms with E-state index in [9.17, 15) is 13.6 Å². The molecule has 0 heterocycles. The summed E-state index contributed by atoms with van der Waals surface area (Å²) in [6, 6.07) is 21.4. The van der Waals surface area contributed by atoms with Crippen LogP contribution in [0, 0.1) is 0 Å². The van der Waals surface area contributed by atoms with Crippen LogP contribution in [0.5, 0.6) is 17.2 Å². The Morgan fingerprint density at radius 3 is 1.70 bits per heavy atom.